The molecule has 0 aromatic heterocycles. The van der Waals surface area contributed by atoms with Gasteiger partial charge in [-0.05, 0) is 10.9 Å². The molecule has 1 aliphatic heterocycles. The van der Waals surface area contributed by atoms with E-state index in [1.165, 1.54) is 0 Å². The molecule has 5 heteroatoms. The van der Waals surface area contributed by atoms with Crippen LogP contribution in [0.4, 0.5) is 4.48 Å². The molecule has 1 aliphatic rings. The van der Waals surface area contributed by atoms with Crippen molar-refractivity contribution in [2.24, 2.45) is 5.10 Å². The van der Waals surface area contributed by atoms with Crippen molar-refractivity contribution in [1.82, 2.24) is 16.1 Å². The average molecular weight is 205 g/mol. The highest BCUT2D eigenvalue weighted by Crippen LogP contribution is 1.98. The van der Waals surface area contributed by atoms with Crippen molar-refractivity contribution in [3.63, 3.8) is 0 Å². The van der Waals surface area contributed by atoms with Crippen LogP contribution >= 0.6 is 0 Å². The second-order valence-electron chi connectivity index (χ2n) is 2.98. The Kier molecular flexibility index (Phi) is 2.82. The van der Waals surface area contributed by atoms with Gasteiger partial charge < -0.3 is 5.32 Å². The first-order valence-corrected chi connectivity index (χ1v) is 4.51. The van der Waals surface area contributed by atoms with Gasteiger partial charge in [-0.15, -0.1) is 5.10 Å². The molecule has 0 amide bonds. The Bertz CT molecular complexity index is 374. The van der Waals surface area contributed by atoms with E-state index in [1.54, 1.807) is 6.08 Å². The monoisotopic (exact) mass is 205 g/mol. The summed E-state index contributed by atoms with van der Waals surface area (Å²) in [5, 5.41) is 6.62. The van der Waals surface area contributed by atoms with E-state index < -0.39 is 0 Å². The number of nitrogens with zero attached hydrogens (tertiary/aromatic N) is 2. The minimum atomic E-state index is 0.104. The van der Waals surface area contributed by atoms with Gasteiger partial charge in [-0.25, -0.2) is 0 Å². The molecule has 1 aromatic carbocycles. The molecule has 2 N–H and O–H groups in total. The summed E-state index contributed by atoms with van der Waals surface area (Å²) in [5.41, 5.74) is 3.25. The first kappa shape index (κ1) is 9.51. The van der Waals surface area contributed by atoms with E-state index in [2.05, 4.69) is 22.0 Å². The Labute approximate surface area is 87.0 Å². The lowest BCUT2D eigenvalue weighted by Gasteiger charge is -2.13. The van der Waals surface area contributed by atoms with E-state index in [-0.39, 0.29) is 5.34 Å². The minimum absolute atomic E-state index is 0.104. The largest absolute Gasteiger partial charge is 0.364 e. The summed E-state index contributed by atoms with van der Waals surface area (Å²) < 4.78 is 12.6. The van der Waals surface area contributed by atoms with E-state index >= 15 is 0 Å². The lowest BCUT2D eigenvalue weighted by atomic mass is 10.2. The standard InChI is InChI=1S/C10H10FN4/c11-15-13-7-6-10(14-15)12-8-9-4-2-1-3-5-9/h1-6,13H,8H2,(H,12,14). The lowest BCUT2D eigenvalue weighted by molar-refractivity contribution is -0.0175. The van der Waals surface area contributed by atoms with Crippen molar-refractivity contribution in [3.8, 4) is 0 Å². The summed E-state index contributed by atoms with van der Waals surface area (Å²) in [6.07, 6.45) is 4.04. The Morgan fingerprint density at radius 2 is 2.20 bits per heavy atom. The zero-order chi connectivity index (χ0) is 10.5. The van der Waals surface area contributed by atoms with Crippen LogP contribution in [0.2, 0.25) is 0 Å². The molecule has 2 rings (SSSR count). The highest BCUT2D eigenvalue weighted by atomic mass is 19.2. The molecule has 0 saturated carbocycles. The van der Waals surface area contributed by atoms with E-state index in [1.807, 2.05) is 30.3 Å². The number of benzene rings is 1. The van der Waals surface area contributed by atoms with Gasteiger partial charge in [0.05, 0.1) is 6.20 Å². The second kappa shape index (κ2) is 4.45. The first-order valence-electron chi connectivity index (χ1n) is 4.51. The van der Waals surface area contributed by atoms with Crippen molar-refractivity contribution in [3.05, 3.63) is 48.2 Å². The average Bonchev–Trinajstić information content (AvgIpc) is 2.28. The third-order valence-electron chi connectivity index (χ3n) is 1.88. The minimum Gasteiger partial charge on any atom is -0.364 e. The van der Waals surface area contributed by atoms with Crippen LogP contribution in [0.5, 0.6) is 0 Å². The summed E-state index contributed by atoms with van der Waals surface area (Å²) in [7, 11) is 0. The third kappa shape index (κ3) is 2.70. The van der Waals surface area contributed by atoms with Gasteiger partial charge in [0.25, 0.3) is 0 Å². The Morgan fingerprint density at radius 1 is 1.40 bits per heavy atom. The zero-order valence-electron chi connectivity index (χ0n) is 7.94. The van der Waals surface area contributed by atoms with Gasteiger partial charge in [-0.2, -0.15) is 0 Å². The van der Waals surface area contributed by atoms with Crippen LogP contribution in [0.25, 0.3) is 0 Å². The van der Waals surface area contributed by atoms with Crippen molar-refractivity contribution in [2.75, 3.05) is 0 Å². The summed E-state index contributed by atoms with van der Waals surface area (Å²) in [6.45, 7) is 0.603. The molecule has 1 radical (unpaired) electrons. The molecular formula is C10H10FN4. The highest BCUT2D eigenvalue weighted by molar-refractivity contribution is 5.92. The van der Waals surface area contributed by atoms with Crippen molar-refractivity contribution < 1.29 is 4.48 Å². The molecule has 0 atom stereocenters. The molecular weight excluding hydrogens is 195 g/mol. The molecule has 0 fully saturated rings. The maximum atomic E-state index is 12.6. The zero-order valence-corrected chi connectivity index (χ0v) is 7.94. The number of hydrogen-bond acceptors (Lipinski definition) is 4. The molecule has 0 saturated heterocycles. The van der Waals surface area contributed by atoms with Crippen molar-refractivity contribution in [1.29, 1.82) is 0 Å². The molecule has 77 valence electrons. The van der Waals surface area contributed by atoms with Crippen LogP contribution in [-0.4, -0.2) is 11.2 Å². The van der Waals surface area contributed by atoms with Crippen molar-refractivity contribution >= 4 is 5.84 Å². The molecule has 0 aliphatic carbocycles. The number of halogens is 1. The summed E-state index contributed by atoms with van der Waals surface area (Å²) in [4.78, 5) is 0. The summed E-state index contributed by atoms with van der Waals surface area (Å²) in [6, 6.07) is 9.81. The maximum Gasteiger partial charge on any atom is 0.153 e. The Balaban J connectivity index is 1.91. The van der Waals surface area contributed by atoms with Gasteiger partial charge in [0, 0.05) is 12.6 Å². The fourth-order valence-corrected chi connectivity index (χ4v) is 1.18. The molecule has 0 spiro atoms. The van der Waals surface area contributed by atoms with E-state index in [4.69, 9.17) is 0 Å². The maximum absolute atomic E-state index is 12.6. The summed E-state index contributed by atoms with van der Waals surface area (Å²) in [5.74, 6) is 0.431. The number of hydrazine groups is 1. The topological polar surface area (TPSA) is 39.7 Å². The fraction of sp³-hybridized carbons (Fsp3) is 0.100. The molecule has 0 bridgehead atoms. The molecule has 4 nitrogen and oxygen atoms in total. The SMILES string of the molecule is FN1N=C(NCc2ccccc2)C=[C]N1. The van der Waals surface area contributed by atoms with Gasteiger partial charge in [0.2, 0.25) is 0 Å². The Morgan fingerprint density at radius 3 is 2.93 bits per heavy atom. The van der Waals surface area contributed by atoms with Gasteiger partial charge in [-0.1, -0.05) is 34.8 Å². The van der Waals surface area contributed by atoms with Gasteiger partial charge >= 0.3 is 0 Å². The molecule has 1 heterocycles. The van der Waals surface area contributed by atoms with Crippen LogP contribution in [0.3, 0.4) is 0 Å². The quantitative estimate of drug-likeness (QED) is 0.710. The molecule has 1 aromatic rings. The predicted molar refractivity (Wildman–Crippen MR) is 54.6 cm³/mol. The number of amidine groups is 1. The van der Waals surface area contributed by atoms with Crippen molar-refractivity contribution in [2.45, 2.75) is 6.54 Å². The third-order valence-corrected chi connectivity index (χ3v) is 1.88. The second-order valence-corrected chi connectivity index (χ2v) is 2.98. The van der Waals surface area contributed by atoms with E-state index in [0.29, 0.717) is 12.4 Å². The molecule has 15 heavy (non-hydrogen) atoms. The number of hydrogen-bond donors (Lipinski definition) is 2. The van der Waals surface area contributed by atoms with Gasteiger partial charge in [-0.3, -0.25) is 5.43 Å². The normalized spacial score (nSPS) is 14.5. The van der Waals surface area contributed by atoms with Crippen LogP contribution < -0.4 is 10.7 Å². The van der Waals surface area contributed by atoms with Gasteiger partial charge in [0.1, 0.15) is 0 Å². The highest BCUT2D eigenvalue weighted by Gasteiger charge is 2.04. The van der Waals surface area contributed by atoms with Crippen LogP contribution in [0.1, 0.15) is 5.56 Å². The van der Waals surface area contributed by atoms with Crippen LogP contribution in [-0.2, 0) is 6.54 Å². The van der Waals surface area contributed by atoms with E-state index in [0.717, 1.165) is 5.56 Å². The number of rotatable bonds is 2. The van der Waals surface area contributed by atoms with Crippen LogP contribution in [0.15, 0.2) is 41.5 Å². The smallest absolute Gasteiger partial charge is 0.153 e. The predicted octanol–water partition coefficient (Wildman–Crippen LogP) is 1.11. The first-order chi connectivity index (χ1) is 7.34. The van der Waals surface area contributed by atoms with Crippen LogP contribution in [0, 0.1) is 6.20 Å². The number of hydrazone groups is 1. The lowest BCUT2D eigenvalue weighted by Crippen LogP contribution is -2.32. The number of nitrogens with one attached hydrogen (secondary N) is 2. The summed E-state index contributed by atoms with van der Waals surface area (Å²) >= 11 is 0. The van der Waals surface area contributed by atoms with E-state index in [9.17, 15) is 4.48 Å². The fourth-order valence-electron chi connectivity index (χ4n) is 1.18. The Hall–Kier alpha value is -2.04. The molecule has 0 unspecified atom stereocenters. The van der Waals surface area contributed by atoms with Gasteiger partial charge in [0.15, 0.2) is 5.84 Å².